The van der Waals surface area contributed by atoms with E-state index in [1.807, 2.05) is 0 Å². The van der Waals surface area contributed by atoms with Crippen LogP contribution in [0.15, 0.2) is 40.9 Å². The summed E-state index contributed by atoms with van der Waals surface area (Å²) >= 11 is 0. The number of anilines is 1. The Bertz CT molecular complexity index is 1400. The first-order valence-corrected chi connectivity index (χ1v) is 12.0. The summed E-state index contributed by atoms with van der Waals surface area (Å²) < 4.78 is 5.86. The van der Waals surface area contributed by atoms with E-state index in [0.717, 1.165) is 48.6 Å². The molecule has 4 aromatic rings. The molecule has 176 valence electrons. The highest BCUT2D eigenvalue weighted by molar-refractivity contribution is 5.78. The highest BCUT2D eigenvalue weighted by Gasteiger charge is 2.32. The van der Waals surface area contributed by atoms with Gasteiger partial charge in [-0.05, 0) is 42.0 Å². The van der Waals surface area contributed by atoms with Gasteiger partial charge in [-0.2, -0.15) is 15.4 Å². The maximum absolute atomic E-state index is 12.8. The van der Waals surface area contributed by atoms with Gasteiger partial charge in [0.15, 0.2) is 0 Å². The quantitative estimate of drug-likeness (QED) is 0.483. The fraction of sp³-hybridized carbons (Fsp3) is 0.360. The minimum atomic E-state index is -0.0610. The molecule has 2 aliphatic heterocycles. The summed E-state index contributed by atoms with van der Waals surface area (Å²) in [6.45, 7) is 2.02. The Kier molecular flexibility index (Phi) is 4.64. The Labute approximate surface area is 201 Å². The highest BCUT2D eigenvalue weighted by Crippen LogP contribution is 2.35. The number of carbonyl (C=O) groups excluding carboxylic acids is 1. The van der Waals surface area contributed by atoms with Gasteiger partial charge >= 0.3 is 0 Å². The molecule has 0 bridgehead atoms. The third kappa shape index (κ3) is 3.56. The molecule has 0 fully saturated rings. The van der Waals surface area contributed by atoms with Crippen LogP contribution in [0.5, 0.6) is 0 Å². The van der Waals surface area contributed by atoms with Crippen LogP contribution in [0.3, 0.4) is 0 Å². The first-order chi connectivity index (χ1) is 17.2. The molecule has 0 saturated heterocycles. The van der Waals surface area contributed by atoms with Gasteiger partial charge in [0.1, 0.15) is 17.9 Å². The number of H-pyrrole nitrogens is 1. The van der Waals surface area contributed by atoms with Crippen LogP contribution in [-0.2, 0) is 43.4 Å². The van der Waals surface area contributed by atoms with Crippen molar-refractivity contribution < 1.29 is 9.21 Å². The molecule has 3 aromatic heterocycles. The second-order valence-electron chi connectivity index (χ2n) is 9.44. The van der Waals surface area contributed by atoms with Crippen molar-refractivity contribution in [2.75, 3.05) is 18.0 Å². The van der Waals surface area contributed by atoms with E-state index in [4.69, 9.17) is 9.40 Å². The molecule has 1 aromatic carbocycles. The lowest BCUT2D eigenvalue weighted by molar-refractivity contribution is -0.131. The molecule has 0 radical (unpaired) electrons. The maximum atomic E-state index is 12.8. The Morgan fingerprint density at radius 2 is 1.86 bits per heavy atom. The number of benzene rings is 1. The SMILES string of the molecule is O=C(Cc1nnc(-c2cnc3c(c2)CCN3C2Cc3ccccc3C2)o1)N1CCc2n[nH]nc2C1. The van der Waals surface area contributed by atoms with Crippen molar-refractivity contribution in [1.82, 2.24) is 35.5 Å². The Hall–Kier alpha value is -4.08. The first kappa shape index (κ1) is 20.3. The number of hydrogen-bond acceptors (Lipinski definition) is 8. The minimum absolute atomic E-state index is 0.0610. The Morgan fingerprint density at radius 3 is 2.71 bits per heavy atom. The van der Waals surface area contributed by atoms with Crippen molar-refractivity contribution in [1.29, 1.82) is 0 Å². The van der Waals surface area contributed by atoms with Gasteiger partial charge in [-0.15, -0.1) is 10.2 Å². The Balaban J connectivity index is 1.04. The van der Waals surface area contributed by atoms with Crippen LogP contribution in [0.4, 0.5) is 5.82 Å². The van der Waals surface area contributed by atoms with Gasteiger partial charge in [0.2, 0.25) is 17.7 Å². The predicted molar refractivity (Wildman–Crippen MR) is 125 cm³/mol. The van der Waals surface area contributed by atoms with Crippen LogP contribution < -0.4 is 4.90 Å². The van der Waals surface area contributed by atoms with Gasteiger partial charge in [0.25, 0.3) is 0 Å². The average Bonchev–Trinajstić information content (AvgIpc) is 3.68. The molecular formula is C25H24N8O2. The zero-order valence-corrected chi connectivity index (χ0v) is 19.1. The lowest BCUT2D eigenvalue weighted by atomic mass is 10.1. The molecule has 1 amide bonds. The number of aromatic nitrogens is 6. The fourth-order valence-corrected chi connectivity index (χ4v) is 5.52. The molecule has 3 aliphatic rings. The first-order valence-electron chi connectivity index (χ1n) is 12.0. The summed E-state index contributed by atoms with van der Waals surface area (Å²) in [6.07, 6.45) is 5.63. The zero-order chi connectivity index (χ0) is 23.4. The molecule has 10 heteroatoms. The second-order valence-corrected chi connectivity index (χ2v) is 9.44. The molecule has 1 N–H and O–H groups in total. The minimum Gasteiger partial charge on any atom is -0.420 e. The van der Waals surface area contributed by atoms with E-state index in [2.05, 4.69) is 60.8 Å². The molecule has 0 unspecified atom stereocenters. The van der Waals surface area contributed by atoms with Crippen LogP contribution in [0.1, 0.15) is 34.0 Å². The zero-order valence-electron chi connectivity index (χ0n) is 19.1. The number of pyridine rings is 1. The van der Waals surface area contributed by atoms with Gasteiger partial charge in [0, 0.05) is 31.7 Å². The molecule has 0 saturated carbocycles. The summed E-state index contributed by atoms with van der Waals surface area (Å²) in [5, 5.41) is 19.2. The number of carbonyl (C=O) groups is 1. The van der Waals surface area contributed by atoms with Crippen molar-refractivity contribution in [2.45, 2.75) is 44.7 Å². The van der Waals surface area contributed by atoms with Crippen molar-refractivity contribution in [3.8, 4) is 11.5 Å². The molecule has 7 rings (SSSR count). The Morgan fingerprint density at radius 1 is 1.03 bits per heavy atom. The van der Waals surface area contributed by atoms with E-state index in [1.165, 1.54) is 16.7 Å². The standard InChI is InChI=1S/C25H24N8O2/c34-23(32-7-6-20-21(14-32)28-31-27-20)12-22-29-30-25(35-22)18-9-17-5-8-33(24(17)26-13-18)19-10-15-3-1-2-4-16(15)11-19/h1-4,9,13,19H,5-8,10-12,14H2,(H,27,28,31). The molecule has 0 atom stereocenters. The monoisotopic (exact) mass is 468 g/mol. The van der Waals surface area contributed by atoms with Crippen LogP contribution in [-0.4, -0.2) is 60.5 Å². The van der Waals surface area contributed by atoms with E-state index in [0.29, 0.717) is 37.3 Å². The molecule has 1 aliphatic carbocycles. The van der Waals surface area contributed by atoms with Crippen LogP contribution in [0, 0.1) is 0 Å². The maximum Gasteiger partial charge on any atom is 0.249 e. The van der Waals surface area contributed by atoms with Crippen LogP contribution in [0.25, 0.3) is 11.5 Å². The van der Waals surface area contributed by atoms with E-state index in [9.17, 15) is 4.79 Å². The van der Waals surface area contributed by atoms with E-state index in [-0.39, 0.29) is 12.3 Å². The summed E-state index contributed by atoms with van der Waals surface area (Å²) in [7, 11) is 0. The third-order valence-corrected chi connectivity index (χ3v) is 7.34. The van der Waals surface area contributed by atoms with Gasteiger partial charge in [0.05, 0.1) is 17.8 Å². The lowest BCUT2D eigenvalue weighted by Gasteiger charge is -2.25. The largest absolute Gasteiger partial charge is 0.420 e. The van der Waals surface area contributed by atoms with Gasteiger partial charge in [-0.3, -0.25) is 4.79 Å². The number of amides is 1. The van der Waals surface area contributed by atoms with E-state index < -0.39 is 0 Å². The average molecular weight is 469 g/mol. The van der Waals surface area contributed by atoms with E-state index in [1.54, 1.807) is 11.1 Å². The van der Waals surface area contributed by atoms with Crippen LogP contribution >= 0.6 is 0 Å². The van der Waals surface area contributed by atoms with Gasteiger partial charge in [-0.1, -0.05) is 24.3 Å². The predicted octanol–water partition coefficient (Wildman–Crippen LogP) is 1.91. The number of aromatic amines is 1. The fourth-order valence-electron chi connectivity index (χ4n) is 5.52. The smallest absolute Gasteiger partial charge is 0.249 e. The van der Waals surface area contributed by atoms with Gasteiger partial charge < -0.3 is 14.2 Å². The number of hydrogen-bond donors (Lipinski definition) is 1. The van der Waals surface area contributed by atoms with Crippen molar-refractivity contribution >= 4 is 11.7 Å². The van der Waals surface area contributed by atoms with Crippen molar-refractivity contribution in [2.24, 2.45) is 0 Å². The highest BCUT2D eigenvalue weighted by atomic mass is 16.4. The molecular weight excluding hydrogens is 444 g/mol. The number of fused-ring (bicyclic) bond motifs is 3. The normalized spacial score (nSPS) is 16.9. The number of rotatable bonds is 4. The lowest BCUT2D eigenvalue weighted by Crippen LogP contribution is -2.37. The molecule has 5 heterocycles. The van der Waals surface area contributed by atoms with Crippen molar-refractivity contribution in [3.63, 3.8) is 0 Å². The van der Waals surface area contributed by atoms with Crippen molar-refractivity contribution in [3.05, 3.63) is 70.5 Å². The van der Waals surface area contributed by atoms with Crippen LogP contribution in [0.2, 0.25) is 0 Å². The number of nitrogens with zero attached hydrogens (tertiary/aromatic N) is 7. The third-order valence-electron chi connectivity index (χ3n) is 7.34. The number of nitrogens with one attached hydrogen (secondary N) is 1. The summed E-state index contributed by atoms with van der Waals surface area (Å²) in [5.74, 6) is 1.70. The summed E-state index contributed by atoms with van der Waals surface area (Å²) in [6, 6.07) is 11.3. The molecule has 10 nitrogen and oxygen atoms in total. The topological polar surface area (TPSA) is 117 Å². The second kappa shape index (κ2) is 8.00. The summed E-state index contributed by atoms with van der Waals surface area (Å²) in [5.41, 5.74) is 6.62. The van der Waals surface area contributed by atoms with E-state index >= 15 is 0 Å². The molecule has 0 spiro atoms. The van der Waals surface area contributed by atoms with Gasteiger partial charge in [-0.25, -0.2) is 4.98 Å². The summed E-state index contributed by atoms with van der Waals surface area (Å²) in [4.78, 5) is 21.7. The molecule has 35 heavy (non-hydrogen) atoms.